The van der Waals surface area contributed by atoms with Crippen LogP contribution in [-0.2, 0) is 0 Å². The second-order valence-corrected chi connectivity index (χ2v) is 5.40. The highest BCUT2D eigenvalue weighted by Gasteiger charge is 2.23. The van der Waals surface area contributed by atoms with Crippen LogP contribution in [0.25, 0.3) is 0 Å². The Morgan fingerprint density at radius 3 is 2.50 bits per heavy atom. The highest BCUT2D eigenvalue weighted by Crippen LogP contribution is 2.18. The van der Waals surface area contributed by atoms with Gasteiger partial charge in [-0.3, -0.25) is 4.79 Å². The molecule has 0 atom stereocenters. The van der Waals surface area contributed by atoms with E-state index in [0.717, 1.165) is 25.9 Å². The number of carboxylic acid groups (broad SMARTS) is 1. The largest absolute Gasteiger partial charge is 0.475 e. The van der Waals surface area contributed by atoms with Crippen molar-refractivity contribution in [3.8, 4) is 0 Å². The molecule has 20 heavy (non-hydrogen) atoms. The predicted octanol–water partition coefficient (Wildman–Crippen LogP) is 1.39. The smallest absolute Gasteiger partial charge is 0.371 e. The van der Waals surface area contributed by atoms with Crippen LogP contribution in [0, 0.1) is 5.92 Å². The number of likely N-dealkylation sites (tertiary alicyclic amines) is 1. The van der Waals surface area contributed by atoms with Crippen molar-refractivity contribution in [1.29, 1.82) is 0 Å². The van der Waals surface area contributed by atoms with Crippen molar-refractivity contribution < 1.29 is 19.1 Å². The number of furan rings is 1. The van der Waals surface area contributed by atoms with Crippen molar-refractivity contribution in [2.75, 3.05) is 33.7 Å². The number of nitrogens with zero attached hydrogens (tertiary/aromatic N) is 2. The molecule has 1 aromatic heterocycles. The van der Waals surface area contributed by atoms with Crippen LogP contribution in [0.1, 0.15) is 34.0 Å². The first-order chi connectivity index (χ1) is 9.47. The average Bonchev–Trinajstić information content (AvgIpc) is 2.90. The minimum Gasteiger partial charge on any atom is -0.475 e. The molecular weight excluding hydrogens is 260 g/mol. The third-order valence-corrected chi connectivity index (χ3v) is 3.74. The maximum Gasteiger partial charge on any atom is 0.371 e. The molecule has 1 N–H and O–H groups in total. The molecule has 0 radical (unpaired) electrons. The number of rotatable bonds is 4. The summed E-state index contributed by atoms with van der Waals surface area (Å²) < 4.78 is 5.04. The van der Waals surface area contributed by atoms with Gasteiger partial charge in [-0.25, -0.2) is 4.79 Å². The molecule has 1 amide bonds. The van der Waals surface area contributed by atoms with Gasteiger partial charge in [0.1, 0.15) is 0 Å². The summed E-state index contributed by atoms with van der Waals surface area (Å²) in [5.74, 6) is -1.06. The summed E-state index contributed by atoms with van der Waals surface area (Å²) in [5.41, 5.74) is 0. The fraction of sp³-hybridized carbons (Fsp3) is 0.571. The molecule has 1 aromatic rings. The van der Waals surface area contributed by atoms with Crippen molar-refractivity contribution in [2.24, 2.45) is 5.92 Å². The van der Waals surface area contributed by atoms with Gasteiger partial charge in [-0.2, -0.15) is 0 Å². The van der Waals surface area contributed by atoms with Gasteiger partial charge in [0, 0.05) is 13.6 Å². The van der Waals surface area contributed by atoms with Crippen molar-refractivity contribution in [3.63, 3.8) is 0 Å². The van der Waals surface area contributed by atoms with E-state index in [1.165, 1.54) is 12.1 Å². The number of hydrogen-bond donors (Lipinski definition) is 1. The summed E-state index contributed by atoms with van der Waals surface area (Å²) in [4.78, 5) is 26.8. The number of aromatic carboxylic acids is 1. The molecule has 6 nitrogen and oxygen atoms in total. The fourth-order valence-electron chi connectivity index (χ4n) is 2.47. The zero-order valence-electron chi connectivity index (χ0n) is 11.8. The van der Waals surface area contributed by atoms with Crippen LogP contribution in [0.4, 0.5) is 0 Å². The maximum atomic E-state index is 12.1. The van der Waals surface area contributed by atoms with Gasteiger partial charge in [-0.05, 0) is 51.0 Å². The molecule has 2 rings (SSSR count). The lowest BCUT2D eigenvalue weighted by atomic mass is 9.96. The van der Waals surface area contributed by atoms with Crippen LogP contribution in [0.3, 0.4) is 0 Å². The van der Waals surface area contributed by atoms with Gasteiger partial charge in [-0.15, -0.1) is 0 Å². The van der Waals surface area contributed by atoms with E-state index in [2.05, 4.69) is 11.9 Å². The Bertz CT molecular complexity index is 489. The molecule has 6 heteroatoms. The summed E-state index contributed by atoms with van der Waals surface area (Å²) in [6, 6.07) is 2.72. The van der Waals surface area contributed by atoms with Crippen molar-refractivity contribution in [1.82, 2.24) is 9.80 Å². The number of amides is 1. The first-order valence-electron chi connectivity index (χ1n) is 6.74. The summed E-state index contributed by atoms with van der Waals surface area (Å²) in [6.07, 6.45) is 2.15. The van der Waals surface area contributed by atoms with Gasteiger partial charge in [0.15, 0.2) is 5.76 Å². The Kier molecular flexibility index (Phi) is 4.44. The molecule has 0 aliphatic carbocycles. The van der Waals surface area contributed by atoms with Gasteiger partial charge >= 0.3 is 5.97 Å². The predicted molar refractivity (Wildman–Crippen MR) is 72.8 cm³/mol. The lowest BCUT2D eigenvalue weighted by Gasteiger charge is -2.31. The van der Waals surface area contributed by atoms with Gasteiger partial charge < -0.3 is 19.3 Å². The minimum absolute atomic E-state index is 0.0813. The van der Waals surface area contributed by atoms with E-state index in [0.29, 0.717) is 12.5 Å². The molecule has 2 heterocycles. The quantitative estimate of drug-likeness (QED) is 0.902. The highest BCUT2D eigenvalue weighted by atomic mass is 16.4. The van der Waals surface area contributed by atoms with E-state index in [1.54, 1.807) is 11.9 Å². The van der Waals surface area contributed by atoms with Crippen molar-refractivity contribution in [3.05, 3.63) is 23.7 Å². The minimum atomic E-state index is -1.16. The molecular formula is C14H20N2O4. The fourth-order valence-corrected chi connectivity index (χ4v) is 2.47. The first-order valence-corrected chi connectivity index (χ1v) is 6.74. The van der Waals surface area contributed by atoms with E-state index in [1.807, 2.05) is 0 Å². The number of carbonyl (C=O) groups excluding carboxylic acids is 1. The average molecular weight is 280 g/mol. The summed E-state index contributed by atoms with van der Waals surface area (Å²) >= 11 is 0. The molecule has 110 valence electrons. The van der Waals surface area contributed by atoms with Gasteiger partial charge in [-0.1, -0.05) is 0 Å². The lowest BCUT2D eigenvalue weighted by molar-refractivity contribution is 0.0648. The number of piperidine rings is 1. The second-order valence-electron chi connectivity index (χ2n) is 5.40. The Morgan fingerprint density at radius 1 is 1.35 bits per heavy atom. The first kappa shape index (κ1) is 14.6. The van der Waals surface area contributed by atoms with E-state index >= 15 is 0 Å². The van der Waals surface area contributed by atoms with Crippen LogP contribution in [0.15, 0.2) is 16.5 Å². The standard InChI is InChI=1S/C14H20N2O4/c1-15-7-5-10(6-8-15)9-16(2)13(17)11-3-4-12(20-11)14(18)19/h3-4,10H,5-9H2,1-2H3,(H,18,19). The molecule has 0 spiro atoms. The molecule has 0 aromatic carbocycles. The van der Waals surface area contributed by atoms with E-state index in [4.69, 9.17) is 9.52 Å². The third-order valence-electron chi connectivity index (χ3n) is 3.74. The zero-order chi connectivity index (χ0) is 14.7. The number of hydrogen-bond acceptors (Lipinski definition) is 4. The normalized spacial score (nSPS) is 17.1. The molecule has 0 unspecified atom stereocenters. The van der Waals surface area contributed by atoms with E-state index in [9.17, 15) is 9.59 Å². The Labute approximate surface area is 118 Å². The van der Waals surface area contributed by atoms with Crippen LogP contribution in [0.2, 0.25) is 0 Å². The Hall–Kier alpha value is -1.82. The molecule has 1 aliphatic rings. The van der Waals surface area contributed by atoms with Crippen LogP contribution >= 0.6 is 0 Å². The van der Waals surface area contributed by atoms with Crippen LogP contribution in [0.5, 0.6) is 0 Å². The maximum absolute atomic E-state index is 12.1. The second kappa shape index (κ2) is 6.09. The zero-order valence-corrected chi connectivity index (χ0v) is 11.8. The number of carboxylic acids is 1. The number of carbonyl (C=O) groups is 2. The Morgan fingerprint density at radius 2 is 1.95 bits per heavy atom. The van der Waals surface area contributed by atoms with Gasteiger partial charge in [0.05, 0.1) is 0 Å². The van der Waals surface area contributed by atoms with Gasteiger partial charge in [0.25, 0.3) is 5.91 Å². The summed E-state index contributed by atoms with van der Waals surface area (Å²) in [5, 5.41) is 8.78. The molecule has 1 aliphatic heterocycles. The molecule has 0 bridgehead atoms. The molecule has 1 saturated heterocycles. The monoisotopic (exact) mass is 280 g/mol. The van der Waals surface area contributed by atoms with E-state index in [-0.39, 0.29) is 17.4 Å². The van der Waals surface area contributed by atoms with Gasteiger partial charge in [0.2, 0.25) is 5.76 Å². The summed E-state index contributed by atoms with van der Waals surface area (Å²) in [7, 11) is 3.82. The van der Waals surface area contributed by atoms with Crippen LogP contribution < -0.4 is 0 Å². The topological polar surface area (TPSA) is 74.0 Å². The Balaban J connectivity index is 1.92. The summed E-state index contributed by atoms with van der Waals surface area (Å²) in [6.45, 7) is 2.78. The third kappa shape index (κ3) is 3.39. The molecule has 0 saturated carbocycles. The van der Waals surface area contributed by atoms with Crippen LogP contribution in [-0.4, -0.2) is 60.5 Å². The highest BCUT2D eigenvalue weighted by molar-refractivity contribution is 5.93. The van der Waals surface area contributed by atoms with Crippen molar-refractivity contribution >= 4 is 11.9 Å². The van der Waals surface area contributed by atoms with Crippen molar-refractivity contribution in [2.45, 2.75) is 12.8 Å². The molecule has 1 fully saturated rings. The lowest BCUT2D eigenvalue weighted by Crippen LogP contribution is -2.37. The van der Waals surface area contributed by atoms with E-state index < -0.39 is 5.97 Å². The SMILES string of the molecule is CN1CCC(CN(C)C(=O)c2ccc(C(=O)O)o2)CC1.